The molecule has 0 saturated carbocycles. The molecule has 0 amide bonds. The molecule has 192 valence electrons. The molecule has 6 nitrogen and oxygen atoms in total. The van der Waals surface area contributed by atoms with Crippen LogP contribution in [0, 0.1) is 17.2 Å². The number of methoxy groups -OCH3 is 4. The maximum absolute atomic E-state index is 10.3. The molecular weight excluding hydrogens is 440 g/mol. The van der Waals surface area contributed by atoms with Gasteiger partial charge in [0, 0.05) is 6.54 Å². The third-order valence-corrected chi connectivity index (χ3v) is 7.04. The van der Waals surface area contributed by atoms with Crippen LogP contribution in [-0.4, -0.2) is 53.5 Å². The summed E-state index contributed by atoms with van der Waals surface area (Å²) in [6, 6.07) is 12.7. The molecule has 2 rings (SSSR count). The van der Waals surface area contributed by atoms with Gasteiger partial charge in [0.05, 0.1) is 39.9 Å². The first-order valence-corrected chi connectivity index (χ1v) is 12.4. The summed E-state index contributed by atoms with van der Waals surface area (Å²) in [6.45, 7) is 8.24. The molecule has 6 heteroatoms. The van der Waals surface area contributed by atoms with Gasteiger partial charge in [0.1, 0.15) is 0 Å². The van der Waals surface area contributed by atoms with E-state index in [0.29, 0.717) is 11.5 Å². The zero-order valence-electron chi connectivity index (χ0n) is 22.7. The summed E-state index contributed by atoms with van der Waals surface area (Å²) < 4.78 is 21.9. The molecule has 0 radical (unpaired) electrons. The van der Waals surface area contributed by atoms with Crippen LogP contribution in [0.1, 0.15) is 50.3 Å². The lowest BCUT2D eigenvalue weighted by atomic mass is 9.69. The van der Waals surface area contributed by atoms with Gasteiger partial charge in [-0.25, -0.2) is 0 Å². The standard InChI is InChI=1S/C29H42N2O4/c1-9-22-17-26(33-6)27(34-7)18-23(22)13-16-31(4)15-10-14-29(20-30,21(2)3)24-11-12-25(32-5)28(19-24)35-8/h11-12,17-19,21H,9-10,13-16H2,1-8H3. The van der Waals surface area contributed by atoms with Gasteiger partial charge in [-0.3, -0.25) is 0 Å². The van der Waals surface area contributed by atoms with Crippen LogP contribution in [-0.2, 0) is 18.3 Å². The molecule has 0 aromatic heterocycles. The number of nitrogens with zero attached hydrogens (tertiary/aromatic N) is 2. The van der Waals surface area contributed by atoms with Gasteiger partial charge in [-0.15, -0.1) is 0 Å². The first-order chi connectivity index (χ1) is 16.8. The predicted molar refractivity (Wildman–Crippen MR) is 141 cm³/mol. The highest BCUT2D eigenvalue weighted by molar-refractivity contribution is 5.48. The van der Waals surface area contributed by atoms with Gasteiger partial charge in [0.2, 0.25) is 0 Å². The number of hydrogen-bond donors (Lipinski definition) is 0. The lowest BCUT2D eigenvalue weighted by Crippen LogP contribution is -2.32. The number of aryl methyl sites for hydroxylation is 1. The van der Waals surface area contributed by atoms with Crippen LogP contribution >= 0.6 is 0 Å². The van der Waals surface area contributed by atoms with Crippen LogP contribution in [0.3, 0.4) is 0 Å². The van der Waals surface area contributed by atoms with E-state index >= 15 is 0 Å². The Bertz CT molecular complexity index is 999. The van der Waals surface area contributed by atoms with Crippen molar-refractivity contribution in [1.29, 1.82) is 5.26 Å². The Kier molecular flexibility index (Phi) is 10.7. The lowest BCUT2D eigenvalue weighted by molar-refractivity contribution is 0.292. The molecule has 1 atom stereocenters. The molecule has 0 saturated heterocycles. The highest BCUT2D eigenvalue weighted by Gasteiger charge is 2.36. The van der Waals surface area contributed by atoms with Gasteiger partial charge in [-0.05, 0) is 86.1 Å². The zero-order chi connectivity index (χ0) is 26.0. The Hall–Kier alpha value is -2.91. The van der Waals surface area contributed by atoms with Crippen molar-refractivity contribution in [3.05, 3.63) is 47.0 Å². The Labute approximate surface area is 211 Å². The van der Waals surface area contributed by atoms with Gasteiger partial charge in [-0.2, -0.15) is 5.26 Å². The number of hydrogen-bond acceptors (Lipinski definition) is 6. The van der Waals surface area contributed by atoms with Crippen LogP contribution in [0.5, 0.6) is 23.0 Å². The molecule has 0 fully saturated rings. The minimum atomic E-state index is -0.584. The van der Waals surface area contributed by atoms with Gasteiger partial charge in [0.25, 0.3) is 0 Å². The monoisotopic (exact) mass is 482 g/mol. The van der Waals surface area contributed by atoms with Crippen LogP contribution in [0.25, 0.3) is 0 Å². The van der Waals surface area contributed by atoms with E-state index in [9.17, 15) is 5.26 Å². The zero-order valence-corrected chi connectivity index (χ0v) is 22.7. The molecule has 0 aliphatic carbocycles. The van der Waals surface area contributed by atoms with E-state index in [0.717, 1.165) is 55.8 Å². The molecule has 1 unspecified atom stereocenters. The van der Waals surface area contributed by atoms with E-state index in [1.54, 1.807) is 28.4 Å². The van der Waals surface area contributed by atoms with E-state index in [1.165, 1.54) is 11.1 Å². The molecule has 2 aromatic rings. The molecule has 0 aliphatic heterocycles. The largest absolute Gasteiger partial charge is 0.493 e. The van der Waals surface area contributed by atoms with E-state index in [-0.39, 0.29) is 5.92 Å². The first kappa shape index (κ1) is 28.3. The van der Waals surface area contributed by atoms with Crippen molar-refractivity contribution in [2.75, 3.05) is 48.6 Å². The molecule has 0 heterocycles. The summed E-state index contributed by atoms with van der Waals surface area (Å²) in [7, 11) is 8.74. The maximum atomic E-state index is 10.3. The summed E-state index contributed by atoms with van der Waals surface area (Å²) >= 11 is 0. The van der Waals surface area contributed by atoms with Crippen molar-refractivity contribution in [1.82, 2.24) is 4.90 Å². The molecule has 35 heavy (non-hydrogen) atoms. The average molecular weight is 483 g/mol. The third kappa shape index (κ3) is 6.61. The van der Waals surface area contributed by atoms with Crippen LogP contribution in [0.2, 0.25) is 0 Å². The predicted octanol–water partition coefficient (Wildman–Crippen LogP) is 5.66. The van der Waals surface area contributed by atoms with Crippen molar-refractivity contribution in [3.8, 4) is 29.1 Å². The summed E-state index contributed by atoms with van der Waals surface area (Å²) in [6.07, 6.45) is 3.58. The fourth-order valence-electron chi connectivity index (χ4n) is 4.71. The van der Waals surface area contributed by atoms with Crippen LogP contribution < -0.4 is 18.9 Å². The number of rotatable bonds is 14. The minimum Gasteiger partial charge on any atom is -0.493 e. The third-order valence-electron chi connectivity index (χ3n) is 7.04. The summed E-state index contributed by atoms with van der Waals surface area (Å²) in [5.74, 6) is 3.04. The first-order valence-electron chi connectivity index (χ1n) is 12.4. The van der Waals surface area contributed by atoms with E-state index < -0.39 is 5.41 Å². The molecular formula is C29H42N2O4. The average Bonchev–Trinajstić information content (AvgIpc) is 2.88. The SMILES string of the molecule is CCc1cc(OC)c(OC)cc1CCN(C)CCCC(C#N)(c1ccc(OC)c(OC)c1)C(C)C. The van der Waals surface area contributed by atoms with Crippen LogP contribution in [0.4, 0.5) is 0 Å². The van der Waals surface area contributed by atoms with E-state index in [1.807, 2.05) is 18.2 Å². The van der Waals surface area contributed by atoms with E-state index in [4.69, 9.17) is 18.9 Å². The number of nitriles is 1. The smallest absolute Gasteiger partial charge is 0.161 e. The molecule has 0 bridgehead atoms. The second-order valence-electron chi connectivity index (χ2n) is 9.29. The Morgan fingerprint density at radius 1 is 0.857 bits per heavy atom. The van der Waals surface area contributed by atoms with Gasteiger partial charge in [0.15, 0.2) is 23.0 Å². The number of ether oxygens (including phenoxy) is 4. The molecule has 2 aromatic carbocycles. The second kappa shape index (κ2) is 13.3. The van der Waals surface area contributed by atoms with Gasteiger partial charge < -0.3 is 23.8 Å². The maximum Gasteiger partial charge on any atom is 0.161 e. The highest BCUT2D eigenvalue weighted by Crippen LogP contribution is 2.40. The van der Waals surface area contributed by atoms with E-state index in [2.05, 4.69) is 50.9 Å². The fourth-order valence-corrected chi connectivity index (χ4v) is 4.71. The number of likely N-dealkylation sites (N-methyl/N-ethyl adjacent to an activating group) is 1. The minimum absolute atomic E-state index is 0.162. The fraction of sp³-hybridized carbons (Fsp3) is 0.552. The highest BCUT2D eigenvalue weighted by atomic mass is 16.5. The quantitative estimate of drug-likeness (QED) is 0.346. The van der Waals surface area contributed by atoms with Crippen LogP contribution in [0.15, 0.2) is 30.3 Å². The summed E-state index contributed by atoms with van der Waals surface area (Å²) in [4.78, 5) is 2.34. The lowest BCUT2D eigenvalue weighted by Gasteiger charge is -2.32. The normalized spacial score (nSPS) is 12.8. The van der Waals surface area contributed by atoms with Gasteiger partial charge in [-0.1, -0.05) is 26.8 Å². The molecule has 0 spiro atoms. The van der Waals surface area contributed by atoms with Crippen molar-refractivity contribution >= 4 is 0 Å². The van der Waals surface area contributed by atoms with Crippen molar-refractivity contribution in [2.24, 2.45) is 5.92 Å². The number of benzene rings is 2. The van der Waals surface area contributed by atoms with Crippen molar-refractivity contribution < 1.29 is 18.9 Å². The van der Waals surface area contributed by atoms with Crippen molar-refractivity contribution in [2.45, 2.75) is 51.9 Å². The second-order valence-corrected chi connectivity index (χ2v) is 9.29. The Morgan fingerprint density at radius 2 is 1.43 bits per heavy atom. The Morgan fingerprint density at radius 3 is 1.94 bits per heavy atom. The van der Waals surface area contributed by atoms with Crippen molar-refractivity contribution in [3.63, 3.8) is 0 Å². The molecule has 0 aliphatic rings. The molecule has 0 N–H and O–H groups in total. The summed E-state index contributed by atoms with van der Waals surface area (Å²) in [5.41, 5.74) is 2.97. The van der Waals surface area contributed by atoms with Gasteiger partial charge >= 0.3 is 0 Å². The Balaban J connectivity index is 2.08. The topological polar surface area (TPSA) is 64.0 Å². The summed E-state index contributed by atoms with van der Waals surface area (Å²) in [5, 5.41) is 10.3.